The van der Waals surface area contributed by atoms with E-state index in [0.717, 1.165) is 24.9 Å². The maximum atomic E-state index is 5.88. The maximum absolute atomic E-state index is 5.88. The van der Waals surface area contributed by atoms with Gasteiger partial charge in [0.15, 0.2) is 0 Å². The summed E-state index contributed by atoms with van der Waals surface area (Å²) in [7, 11) is 0. The van der Waals surface area contributed by atoms with Crippen LogP contribution < -0.4 is 5.73 Å². The van der Waals surface area contributed by atoms with E-state index in [1.807, 2.05) is 0 Å². The van der Waals surface area contributed by atoms with Crippen LogP contribution in [0, 0.1) is 17.3 Å². The largest absolute Gasteiger partial charge is 0.330 e. The molecule has 18 heavy (non-hydrogen) atoms. The Balaban J connectivity index is 2.42. The molecule has 0 saturated heterocycles. The quantitative estimate of drug-likeness (QED) is 0.753. The lowest BCUT2D eigenvalue weighted by Crippen LogP contribution is -2.41. The second kappa shape index (κ2) is 7.49. The lowest BCUT2D eigenvalue weighted by molar-refractivity contribution is 0.138. The number of rotatable bonds is 7. The first-order chi connectivity index (χ1) is 8.46. The minimum Gasteiger partial charge on any atom is -0.330 e. The fourth-order valence-electron chi connectivity index (χ4n) is 3.10. The van der Waals surface area contributed by atoms with Gasteiger partial charge >= 0.3 is 0 Å². The molecular weight excluding hydrogens is 220 g/mol. The van der Waals surface area contributed by atoms with Gasteiger partial charge in [-0.2, -0.15) is 0 Å². The van der Waals surface area contributed by atoms with Crippen LogP contribution in [0.25, 0.3) is 0 Å². The van der Waals surface area contributed by atoms with Gasteiger partial charge in [-0.05, 0) is 49.6 Å². The van der Waals surface area contributed by atoms with Crippen LogP contribution in [-0.4, -0.2) is 31.1 Å². The average Bonchev–Trinajstić information content (AvgIpc) is 2.32. The minimum absolute atomic E-state index is 0.261. The van der Waals surface area contributed by atoms with E-state index in [0.29, 0.717) is 0 Å². The summed E-state index contributed by atoms with van der Waals surface area (Å²) in [6.07, 6.45) is 6.99. The molecule has 1 fully saturated rings. The summed E-state index contributed by atoms with van der Waals surface area (Å²) < 4.78 is 0. The second-order valence-corrected chi connectivity index (χ2v) is 7.23. The first-order valence-corrected chi connectivity index (χ1v) is 7.89. The van der Waals surface area contributed by atoms with Gasteiger partial charge in [-0.3, -0.25) is 0 Å². The van der Waals surface area contributed by atoms with Crippen molar-refractivity contribution in [1.82, 2.24) is 4.90 Å². The third kappa shape index (κ3) is 5.71. The first kappa shape index (κ1) is 16.0. The zero-order valence-corrected chi connectivity index (χ0v) is 13.0. The molecular formula is C16H34N2. The molecule has 0 amide bonds. The van der Waals surface area contributed by atoms with Crippen LogP contribution in [0.15, 0.2) is 0 Å². The summed E-state index contributed by atoms with van der Waals surface area (Å²) in [6, 6.07) is 0. The van der Waals surface area contributed by atoms with Gasteiger partial charge in [-0.15, -0.1) is 0 Å². The van der Waals surface area contributed by atoms with E-state index in [1.165, 1.54) is 45.2 Å². The molecule has 1 saturated carbocycles. The number of nitrogens with zero attached hydrogens (tertiary/aromatic N) is 1. The SMILES string of the molecule is CCCN(CC1CCC(C)CC1)CC(C)(C)CN. The molecule has 0 aromatic carbocycles. The molecule has 2 N–H and O–H groups in total. The Morgan fingerprint density at radius 1 is 1.17 bits per heavy atom. The smallest absolute Gasteiger partial charge is 0.00449 e. The summed E-state index contributed by atoms with van der Waals surface area (Å²) in [5, 5.41) is 0. The number of hydrogen-bond donors (Lipinski definition) is 1. The minimum atomic E-state index is 0.261. The van der Waals surface area contributed by atoms with Crippen LogP contribution in [0.2, 0.25) is 0 Å². The zero-order chi connectivity index (χ0) is 13.6. The normalized spacial score (nSPS) is 25.7. The molecule has 0 spiro atoms. The molecule has 0 radical (unpaired) electrons. The fraction of sp³-hybridized carbons (Fsp3) is 1.00. The first-order valence-electron chi connectivity index (χ1n) is 7.89. The molecule has 108 valence electrons. The summed E-state index contributed by atoms with van der Waals surface area (Å²) in [5.74, 6) is 1.89. The van der Waals surface area contributed by atoms with E-state index in [-0.39, 0.29) is 5.41 Å². The highest BCUT2D eigenvalue weighted by Crippen LogP contribution is 2.29. The monoisotopic (exact) mass is 254 g/mol. The Labute approximate surface area is 114 Å². The highest BCUT2D eigenvalue weighted by atomic mass is 15.1. The molecule has 0 atom stereocenters. The zero-order valence-electron chi connectivity index (χ0n) is 13.0. The Hall–Kier alpha value is -0.0800. The van der Waals surface area contributed by atoms with E-state index < -0.39 is 0 Å². The van der Waals surface area contributed by atoms with Crippen molar-refractivity contribution in [2.24, 2.45) is 23.0 Å². The summed E-state index contributed by atoms with van der Waals surface area (Å²) >= 11 is 0. The van der Waals surface area contributed by atoms with Gasteiger partial charge in [0.05, 0.1) is 0 Å². The molecule has 0 aromatic rings. The molecule has 0 unspecified atom stereocenters. The Morgan fingerprint density at radius 2 is 1.78 bits per heavy atom. The fourth-order valence-corrected chi connectivity index (χ4v) is 3.10. The summed E-state index contributed by atoms with van der Waals surface area (Å²) in [4.78, 5) is 2.66. The van der Waals surface area contributed by atoms with Gasteiger partial charge in [-0.25, -0.2) is 0 Å². The molecule has 2 nitrogen and oxygen atoms in total. The third-order valence-corrected chi connectivity index (χ3v) is 4.40. The van der Waals surface area contributed by atoms with E-state index in [1.54, 1.807) is 0 Å². The van der Waals surface area contributed by atoms with Crippen molar-refractivity contribution in [2.45, 2.75) is 59.8 Å². The van der Waals surface area contributed by atoms with Gasteiger partial charge in [0.2, 0.25) is 0 Å². The van der Waals surface area contributed by atoms with Crippen molar-refractivity contribution in [3.8, 4) is 0 Å². The van der Waals surface area contributed by atoms with Crippen LogP contribution in [0.1, 0.15) is 59.8 Å². The van der Waals surface area contributed by atoms with Crippen molar-refractivity contribution in [1.29, 1.82) is 0 Å². The van der Waals surface area contributed by atoms with Gasteiger partial charge < -0.3 is 10.6 Å². The van der Waals surface area contributed by atoms with Crippen molar-refractivity contribution < 1.29 is 0 Å². The molecule has 1 rings (SSSR count). The molecule has 1 aliphatic carbocycles. The van der Waals surface area contributed by atoms with Crippen LogP contribution >= 0.6 is 0 Å². The molecule has 2 heteroatoms. The van der Waals surface area contributed by atoms with Gasteiger partial charge in [0.25, 0.3) is 0 Å². The highest BCUT2D eigenvalue weighted by Gasteiger charge is 2.24. The topological polar surface area (TPSA) is 29.3 Å². The molecule has 1 aliphatic rings. The predicted octanol–water partition coefficient (Wildman–Crippen LogP) is 3.51. The molecule has 0 bridgehead atoms. The number of nitrogens with two attached hydrogens (primary N) is 1. The predicted molar refractivity (Wildman–Crippen MR) is 80.7 cm³/mol. The Bertz CT molecular complexity index is 217. The van der Waals surface area contributed by atoms with E-state index >= 15 is 0 Å². The highest BCUT2D eigenvalue weighted by molar-refractivity contribution is 4.78. The second-order valence-electron chi connectivity index (χ2n) is 7.23. The van der Waals surface area contributed by atoms with E-state index in [2.05, 4.69) is 32.6 Å². The summed E-state index contributed by atoms with van der Waals surface area (Å²) in [6.45, 7) is 13.7. The third-order valence-electron chi connectivity index (χ3n) is 4.40. The van der Waals surface area contributed by atoms with Crippen LogP contribution in [-0.2, 0) is 0 Å². The lowest BCUT2D eigenvalue weighted by Gasteiger charge is -2.36. The molecule has 0 aromatic heterocycles. The summed E-state index contributed by atoms with van der Waals surface area (Å²) in [5.41, 5.74) is 6.14. The average molecular weight is 254 g/mol. The van der Waals surface area contributed by atoms with Gasteiger partial charge in [-0.1, -0.05) is 40.5 Å². The van der Waals surface area contributed by atoms with Crippen LogP contribution in [0.5, 0.6) is 0 Å². The molecule has 0 heterocycles. The lowest BCUT2D eigenvalue weighted by atomic mass is 9.82. The molecule has 0 aliphatic heterocycles. The van der Waals surface area contributed by atoms with Crippen molar-refractivity contribution in [2.75, 3.05) is 26.2 Å². The van der Waals surface area contributed by atoms with Gasteiger partial charge in [0, 0.05) is 13.1 Å². The van der Waals surface area contributed by atoms with E-state index in [9.17, 15) is 0 Å². The standard InChI is InChI=1S/C16H34N2/c1-5-10-18(13-16(3,4)12-17)11-15-8-6-14(2)7-9-15/h14-15H,5-13,17H2,1-4H3. The van der Waals surface area contributed by atoms with Crippen molar-refractivity contribution in [3.63, 3.8) is 0 Å². The number of hydrogen-bond acceptors (Lipinski definition) is 2. The Morgan fingerprint density at radius 3 is 2.28 bits per heavy atom. The maximum Gasteiger partial charge on any atom is 0.00449 e. The van der Waals surface area contributed by atoms with Crippen LogP contribution in [0.4, 0.5) is 0 Å². The van der Waals surface area contributed by atoms with Crippen LogP contribution in [0.3, 0.4) is 0 Å². The van der Waals surface area contributed by atoms with Crippen molar-refractivity contribution >= 4 is 0 Å². The van der Waals surface area contributed by atoms with Gasteiger partial charge in [0.1, 0.15) is 0 Å². The Kier molecular flexibility index (Phi) is 6.65. The van der Waals surface area contributed by atoms with E-state index in [4.69, 9.17) is 5.73 Å². The van der Waals surface area contributed by atoms with Crippen molar-refractivity contribution in [3.05, 3.63) is 0 Å².